The molecule has 0 spiro atoms. The fourth-order valence-corrected chi connectivity index (χ4v) is 3.71. The van der Waals surface area contributed by atoms with Crippen molar-refractivity contribution in [2.24, 2.45) is 0 Å². The number of rotatable bonds is 5. The molecular formula is C22H23N7O2. The summed E-state index contributed by atoms with van der Waals surface area (Å²) in [5.41, 5.74) is 3.76. The molecule has 1 amide bonds. The molecule has 0 saturated carbocycles. The summed E-state index contributed by atoms with van der Waals surface area (Å²) in [6, 6.07) is 9.63. The maximum atomic E-state index is 12.7. The number of hydrogen-bond acceptors (Lipinski definition) is 6. The number of pyridine rings is 2. The number of amides is 1. The van der Waals surface area contributed by atoms with Gasteiger partial charge in [-0.15, -0.1) is 0 Å². The van der Waals surface area contributed by atoms with E-state index in [0.29, 0.717) is 17.3 Å². The normalized spacial score (nSPS) is 14.7. The molecule has 0 unspecified atom stereocenters. The van der Waals surface area contributed by atoms with Crippen LogP contribution in [-0.2, 0) is 11.3 Å². The Balaban J connectivity index is 1.43. The second-order valence-electron chi connectivity index (χ2n) is 7.46. The van der Waals surface area contributed by atoms with Crippen LogP contribution < -0.4 is 5.32 Å². The number of hydrogen-bond donors (Lipinski definition) is 1. The molecule has 1 aliphatic heterocycles. The van der Waals surface area contributed by atoms with Gasteiger partial charge in [0, 0.05) is 38.2 Å². The number of nitrogens with one attached hydrogen (secondary N) is 1. The van der Waals surface area contributed by atoms with Gasteiger partial charge in [0.25, 0.3) is 5.91 Å². The van der Waals surface area contributed by atoms with E-state index in [2.05, 4.69) is 26.3 Å². The van der Waals surface area contributed by atoms with Gasteiger partial charge in [0.15, 0.2) is 0 Å². The molecule has 5 rings (SSSR count). The summed E-state index contributed by atoms with van der Waals surface area (Å²) in [7, 11) is 0. The molecule has 1 N–H and O–H groups in total. The van der Waals surface area contributed by atoms with E-state index in [9.17, 15) is 4.79 Å². The van der Waals surface area contributed by atoms with Crippen LogP contribution in [0.4, 0.5) is 5.69 Å². The van der Waals surface area contributed by atoms with Gasteiger partial charge in [-0.05, 0) is 31.2 Å². The zero-order valence-electron chi connectivity index (χ0n) is 17.2. The number of anilines is 1. The molecule has 4 aromatic heterocycles. The van der Waals surface area contributed by atoms with Gasteiger partial charge < -0.3 is 10.1 Å². The third-order valence-corrected chi connectivity index (χ3v) is 5.38. The Morgan fingerprint density at radius 3 is 2.87 bits per heavy atom. The van der Waals surface area contributed by atoms with Crippen LogP contribution >= 0.6 is 0 Å². The first-order chi connectivity index (χ1) is 15.2. The minimum atomic E-state index is -0.288. The van der Waals surface area contributed by atoms with Crippen LogP contribution in [0.3, 0.4) is 0 Å². The smallest absolute Gasteiger partial charge is 0.275 e. The lowest BCUT2D eigenvalue weighted by Crippen LogP contribution is -2.35. The number of fused-ring (bicyclic) bond motifs is 1. The van der Waals surface area contributed by atoms with E-state index in [1.165, 1.54) is 0 Å². The van der Waals surface area contributed by atoms with Gasteiger partial charge in [-0.2, -0.15) is 0 Å². The highest BCUT2D eigenvalue weighted by Gasteiger charge is 2.19. The van der Waals surface area contributed by atoms with Crippen molar-refractivity contribution in [2.75, 3.05) is 31.6 Å². The van der Waals surface area contributed by atoms with Crippen LogP contribution in [0.2, 0.25) is 0 Å². The average molecular weight is 417 g/mol. The first-order valence-electron chi connectivity index (χ1n) is 10.2. The first-order valence-corrected chi connectivity index (χ1v) is 10.2. The Morgan fingerprint density at radius 2 is 2.03 bits per heavy atom. The minimum absolute atomic E-state index is 0.288. The predicted molar refractivity (Wildman–Crippen MR) is 115 cm³/mol. The van der Waals surface area contributed by atoms with Crippen molar-refractivity contribution in [3.63, 3.8) is 0 Å². The molecule has 9 nitrogen and oxygen atoms in total. The highest BCUT2D eigenvalue weighted by Crippen LogP contribution is 2.19. The predicted octanol–water partition coefficient (Wildman–Crippen LogP) is 2.31. The second kappa shape index (κ2) is 8.29. The lowest BCUT2D eigenvalue weighted by atomic mass is 10.3. The SMILES string of the molecule is Cc1ncccc1NC(=O)c1cn(-c2nc(CN3CCOCC3)c3ccccn23)cn1. The number of carbonyl (C=O) groups is 1. The quantitative estimate of drug-likeness (QED) is 0.536. The molecule has 158 valence electrons. The Morgan fingerprint density at radius 1 is 1.16 bits per heavy atom. The fourth-order valence-electron chi connectivity index (χ4n) is 3.71. The van der Waals surface area contributed by atoms with Crippen molar-refractivity contribution in [3.05, 3.63) is 72.3 Å². The van der Waals surface area contributed by atoms with E-state index in [-0.39, 0.29) is 5.91 Å². The minimum Gasteiger partial charge on any atom is -0.379 e. The molecule has 9 heteroatoms. The number of aromatic nitrogens is 5. The second-order valence-corrected chi connectivity index (χ2v) is 7.46. The van der Waals surface area contributed by atoms with E-state index in [4.69, 9.17) is 9.72 Å². The van der Waals surface area contributed by atoms with Crippen LogP contribution in [0.15, 0.2) is 55.2 Å². The van der Waals surface area contributed by atoms with Crippen molar-refractivity contribution >= 4 is 17.1 Å². The molecule has 0 aromatic carbocycles. The standard InChI is InChI=1S/C22H23N7O2/c1-16-17(5-4-7-23-16)25-21(30)19-14-28(15-24-19)22-26-18(13-27-9-11-31-12-10-27)20-6-2-3-8-29(20)22/h2-8,14-15H,9-13H2,1H3,(H,25,30). The third kappa shape index (κ3) is 3.92. The van der Waals surface area contributed by atoms with Gasteiger partial charge in [-0.25, -0.2) is 9.97 Å². The fraction of sp³-hybridized carbons (Fsp3) is 0.273. The Labute approximate surface area is 179 Å². The molecule has 0 aliphatic carbocycles. The van der Waals surface area contributed by atoms with E-state index >= 15 is 0 Å². The van der Waals surface area contributed by atoms with E-state index in [1.54, 1.807) is 29.4 Å². The van der Waals surface area contributed by atoms with Crippen molar-refractivity contribution in [1.29, 1.82) is 0 Å². The summed E-state index contributed by atoms with van der Waals surface area (Å²) in [6.07, 6.45) is 6.98. The topological polar surface area (TPSA) is 89.6 Å². The molecule has 1 fully saturated rings. The molecule has 1 saturated heterocycles. The monoisotopic (exact) mass is 417 g/mol. The van der Waals surface area contributed by atoms with E-state index in [0.717, 1.165) is 49.8 Å². The van der Waals surface area contributed by atoms with Gasteiger partial charge in [-0.1, -0.05) is 6.07 Å². The van der Waals surface area contributed by atoms with Gasteiger partial charge in [0.05, 0.1) is 35.8 Å². The highest BCUT2D eigenvalue weighted by atomic mass is 16.5. The number of carbonyl (C=O) groups excluding carboxylic acids is 1. The maximum absolute atomic E-state index is 12.7. The molecule has 4 aromatic rings. The van der Waals surface area contributed by atoms with Crippen LogP contribution in [0, 0.1) is 6.92 Å². The number of ether oxygens (including phenoxy) is 1. The van der Waals surface area contributed by atoms with Crippen molar-refractivity contribution in [3.8, 4) is 5.95 Å². The summed E-state index contributed by atoms with van der Waals surface area (Å²) >= 11 is 0. The van der Waals surface area contributed by atoms with Crippen molar-refractivity contribution < 1.29 is 9.53 Å². The van der Waals surface area contributed by atoms with Crippen LogP contribution in [0.25, 0.3) is 11.5 Å². The molecule has 5 heterocycles. The number of imidazole rings is 2. The molecule has 31 heavy (non-hydrogen) atoms. The van der Waals surface area contributed by atoms with E-state index < -0.39 is 0 Å². The summed E-state index contributed by atoms with van der Waals surface area (Å²) in [5, 5.41) is 2.86. The lowest BCUT2D eigenvalue weighted by Gasteiger charge is -2.25. The van der Waals surface area contributed by atoms with Crippen LogP contribution in [-0.4, -0.2) is 61.0 Å². The van der Waals surface area contributed by atoms with Gasteiger partial charge >= 0.3 is 0 Å². The summed E-state index contributed by atoms with van der Waals surface area (Å²) in [6.45, 7) is 5.87. The molecule has 0 radical (unpaired) electrons. The van der Waals surface area contributed by atoms with E-state index in [1.807, 2.05) is 35.7 Å². The summed E-state index contributed by atoms with van der Waals surface area (Å²) in [4.78, 5) is 28.4. The van der Waals surface area contributed by atoms with Crippen molar-refractivity contribution in [2.45, 2.75) is 13.5 Å². The average Bonchev–Trinajstić information content (AvgIpc) is 3.42. The largest absolute Gasteiger partial charge is 0.379 e. The Kier molecular flexibility index (Phi) is 5.19. The van der Waals surface area contributed by atoms with Crippen molar-refractivity contribution in [1.82, 2.24) is 28.8 Å². The molecule has 0 bridgehead atoms. The Hall–Kier alpha value is -3.56. The van der Waals surface area contributed by atoms with Gasteiger partial charge in [-0.3, -0.25) is 23.6 Å². The summed E-state index contributed by atoms with van der Waals surface area (Å²) < 4.78 is 9.25. The maximum Gasteiger partial charge on any atom is 0.275 e. The van der Waals surface area contributed by atoms with Crippen LogP contribution in [0.1, 0.15) is 21.9 Å². The number of morpholine rings is 1. The highest BCUT2D eigenvalue weighted by molar-refractivity contribution is 6.03. The lowest BCUT2D eigenvalue weighted by molar-refractivity contribution is 0.0339. The number of nitrogens with zero attached hydrogens (tertiary/aromatic N) is 6. The molecule has 1 aliphatic rings. The first kappa shape index (κ1) is 19.4. The molecular weight excluding hydrogens is 394 g/mol. The summed E-state index contributed by atoms with van der Waals surface area (Å²) in [5.74, 6) is 0.409. The molecule has 0 atom stereocenters. The zero-order chi connectivity index (χ0) is 21.2. The zero-order valence-corrected chi connectivity index (χ0v) is 17.2. The number of aryl methyl sites for hydroxylation is 1. The van der Waals surface area contributed by atoms with Gasteiger partial charge in [0.2, 0.25) is 5.95 Å². The Bertz CT molecular complexity index is 1220. The van der Waals surface area contributed by atoms with Crippen LogP contribution in [0.5, 0.6) is 0 Å². The van der Waals surface area contributed by atoms with Gasteiger partial charge in [0.1, 0.15) is 12.0 Å². The third-order valence-electron chi connectivity index (χ3n) is 5.38.